The molecule has 5 nitrogen and oxygen atoms in total. The van der Waals surface area contributed by atoms with Gasteiger partial charge in [-0.15, -0.1) is 24.4 Å². The Labute approximate surface area is 182 Å². The molecule has 2 N–H and O–H groups in total. The Balaban J connectivity index is 1.57. The van der Waals surface area contributed by atoms with E-state index in [2.05, 4.69) is 28.4 Å². The van der Waals surface area contributed by atoms with Gasteiger partial charge in [-0.3, -0.25) is 20.5 Å². The highest BCUT2D eigenvalue weighted by Gasteiger charge is 2.26. The predicted molar refractivity (Wildman–Crippen MR) is 119 cm³/mol. The molecule has 27 heavy (non-hydrogen) atoms. The van der Waals surface area contributed by atoms with Gasteiger partial charge in [-0.05, 0) is 24.3 Å². The van der Waals surface area contributed by atoms with Gasteiger partial charge in [0.1, 0.15) is 4.71 Å². The number of halogens is 3. The van der Waals surface area contributed by atoms with Gasteiger partial charge in [0.2, 0.25) is 0 Å². The van der Waals surface area contributed by atoms with E-state index in [4.69, 9.17) is 34.8 Å². The van der Waals surface area contributed by atoms with Gasteiger partial charge in [0.15, 0.2) is 0 Å². The Kier molecular flexibility index (Phi) is 7.30. The summed E-state index contributed by atoms with van der Waals surface area (Å²) in [5.41, 5.74) is 6.86. The molecule has 1 heterocycles. The molecule has 1 saturated heterocycles. The first kappa shape index (κ1) is 20.8. The van der Waals surface area contributed by atoms with Gasteiger partial charge >= 0.3 is 0 Å². The number of thioether (sulfide) groups is 1. The molecule has 1 aliphatic rings. The van der Waals surface area contributed by atoms with E-state index in [1.165, 1.54) is 0 Å². The van der Waals surface area contributed by atoms with Gasteiger partial charge in [-0.1, -0.05) is 53.0 Å². The van der Waals surface area contributed by atoms with Crippen LogP contribution in [-0.4, -0.2) is 34.6 Å². The molecule has 0 spiro atoms. The molecule has 0 saturated carbocycles. The van der Waals surface area contributed by atoms with E-state index >= 15 is 0 Å². The number of nitrogens with zero attached hydrogens (tertiary/aromatic N) is 2. The van der Waals surface area contributed by atoms with E-state index < -0.39 is 0 Å². The molecule has 1 amide bonds. The van der Waals surface area contributed by atoms with Crippen LogP contribution in [0.3, 0.4) is 0 Å². The molecule has 1 atom stereocenters. The first-order valence-electron chi connectivity index (χ1n) is 7.97. The lowest BCUT2D eigenvalue weighted by molar-refractivity contribution is -0.121. The van der Waals surface area contributed by atoms with Crippen molar-refractivity contribution in [1.82, 2.24) is 10.3 Å². The predicted octanol–water partition coefficient (Wildman–Crippen LogP) is 4.77. The third-order valence-electron chi connectivity index (χ3n) is 3.81. The molecule has 1 aliphatic heterocycles. The maximum absolute atomic E-state index is 12.3. The minimum Gasteiger partial charge on any atom is -0.338 e. The van der Waals surface area contributed by atoms with Crippen LogP contribution in [0.5, 0.6) is 0 Å². The quantitative estimate of drug-likeness (QED) is 0.440. The van der Waals surface area contributed by atoms with Crippen LogP contribution in [0, 0.1) is 0 Å². The number of carbonyl (C=O) groups excluding carboxylic acids is 1. The minimum absolute atomic E-state index is 0.0384. The van der Waals surface area contributed by atoms with Crippen LogP contribution < -0.4 is 15.8 Å². The number of anilines is 2. The van der Waals surface area contributed by atoms with E-state index in [1.54, 1.807) is 23.9 Å². The fraction of sp³-hybridized carbons (Fsp3) is 0.235. The lowest BCUT2D eigenvalue weighted by Gasteiger charge is -2.40. The Morgan fingerprint density at radius 1 is 1.19 bits per heavy atom. The van der Waals surface area contributed by atoms with Crippen LogP contribution in [0.2, 0.25) is 15.1 Å². The van der Waals surface area contributed by atoms with Crippen LogP contribution in [-0.2, 0) is 4.79 Å². The largest absolute Gasteiger partial charge is 0.338 e. The van der Waals surface area contributed by atoms with Crippen molar-refractivity contribution in [1.29, 1.82) is 0 Å². The zero-order valence-corrected chi connectivity index (χ0v) is 18.0. The summed E-state index contributed by atoms with van der Waals surface area (Å²) in [6.07, 6.45) is 0. The van der Waals surface area contributed by atoms with Crippen LogP contribution in [0.1, 0.15) is 0 Å². The molecular weight excluding hydrogens is 447 g/mol. The van der Waals surface area contributed by atoms with Crippen LogP contribution in [0.4, 0.5) is 11.4 Å². The fourth-order valence-corrected chi connectivity index (χ4v) is 4.75. The van der Waals surface area contributed by atoms with E-state index in [9.17, 15) is 4.79 Å². The number of para-hydroxylation sites is 1. The number of benzene rings is 2. The standard InChI is InChI=1S/C17H17Cl3N4OS2/c18-11-6-13(19)16(14(20)7-11)22-21-15(25)8-23-9-24(17(26)27-10-23)12-4-2-1-3-5-12/h1-7,17,22,26H,8-10H2,(H,21,25). The maximum atomic E-state index is 12.3. The molecule has 10 heteroatoms. The van der Waals surface area contributed by atoms with Crippen molar-refractivity contribution >= 4 is 76.5 Å². The van der Waals surface area contributed by atoms with Crippen LogP contribution >= 0.6 is 59.2 Å². The Bertz CT molecular complexity index is 789. The summed E-state index contributed by atoms with van der Waals surface area (Å²) in [6, 6.07) is 13.1. The van der Waals surface area contributed by atoms with Crippen LogP contribution in [0.25, 0.3) is 0 Å². The topological polar surface area (TPSA) is 47.6 Å². The van der Waals surface area contributed by atoms with Crippen molar-refractivity contribution < 1.29 is 4.79 Å². The number of carbonyl (C=O) groups is 1. The minimum atomic E-state index is -0.205. The second-order valence-corrected chi connectivity index (χ2v) is 8.94. The van der Waals surface area contributed by atoms with Gasteiger partial charge in [0.25, 0.3) is 5.91 Å². The number of nitrogens with one attached hydrogen (secondary N) is 2. The third kappa shape index (κ3) is 5.53. The smallest absolute Gasteiger partial charge is 0.252 e. The van der Waals surface area contributed by atoms with Crippen molar-refractivity contribution in [2.75, 3.05) is 29.4 Å². The summed E-state index contributed by atoms with van der Waals surface area (Å²) in [5.74, 6) is 0.496. The zero-order chi connectivity index (χ0) is 19.4. The summed E-state index contributed by atoms with van der Waals surface area (Å²) in [5, 5.41) is 1.08. The highest BCUT2D eigenvalue weighted by atomic mass is 35.5. The Morgan fingerprint density at radius 2 is 1.85 bits per heavy atom. The molecule has 2 aromatic carbocycles. The first-order valence-corrected chi connectivity index (χ1v) is 10.7. The van der Waals surface area contributed by atoms with Crippen LogP contribution in [0.15, 0.2) is 42.5 Å². The summed E-state index contributed by atoms with van der Waals surface area (Å²) in [6.45, 7) is 0.813. The molecule has 0 radical (unpaired) electrons. The second kappa shape index (κ2) is 9.49. The van der Waals surface area contributed by atoms with Crippen molar-refractivity contribution in [3.63, 3.8) is 0 Å². The van der Waals surface area contributed by atoms with Gasteiger partial charge < -0.3 is 4.90 Å². The highest BCUT2D eigenvalue weighted by Crippen LogP contribution is 2.33. The lowest BCUT2D eigenvalue weighted by atomic mass is 10.3. The van der Waals surface area contributed by atoms with Gasteiger partial charge in [0, 0.05) is 16.6 Å². The summed E-state index contributed by atoms with van der Waals surface area (Å²) in [4.78, 5) is 16.5. The Morgan fingerprint density at radius 3 is 2.52 bits per heavy atom. The van der Waals surface area contributed by atoms with Gasteiger partial charge in [0.05, 0.1) is 28.9 Å². The molecule has 1 unspecified atom stereocenters. The maximum Gasteiger partial charge on any atom is 0.252 e. The van der Waals surface area contributed by atoms with E-state index in [1.807, 2.05) is 35.2 Å². The second-order valence-electron chi connectivity index (χ2n) is 5.82. The summed E-state index contributed by atoms with van der Waals surface area (Å²) < 4.78 is 0.0384. The number of rotatable bonds is 5. The van der Waals surface area contributed by atoms with Gasteiger partial charge in [-0.25, -0.2) is 0 Å². The average Bonchev–Trinajstić information content (AvgIpc) is 2.63. The number of amides is 1. The average molecular weight is 464 g/mol. The van der Waals surface area contributed by atoms with Crippen molar-refractivity contribution in [3.8, 4) is 0 Å². The normalized spacial score (nSPS) is 17.6. The van der Waals surface area contributed by atoms with Crippen molar-refractivity contribution in [3.05, 3.63) is 57.5 Å². The lowest BCUT2D eigenvalue weighted by Crippen LogP contribution is -2.49. The number of hydrogen-bond donors (Lipinski definition) is 3. The molecule has 144 valence electrons. The highest BCUT2D eigenvalue weighted by molar-refractivity contribution is 8.10. The first-order chi connectivity index (χ1) is 12.9. The molecule has 0 aliphatic carbocycles. The molecule has 0 aromatic heterocycles. The number of thiol groups is 1. The molecular formula is C17H17Cl3N4OS2. The Hall–Kier alpha value is -0.960. The van der Waals surface area contributed by atoms with Crippen molar-refractivity contribution in [2.24, 2.45) is 0 Å². The molecule has 1 fully saturated rings. The van der Waals surface area contributed by atoms with Crippen molar-refractivity contribution in [2.45, 2.75) is 4.71 Å². The number of hydrogen-bond acceptors (Lipinski definition) is 6. The molecule has 3 rings (SSSR count). The molecule has 2 aromatic rings. The summed E-state index contributed by atoms with van der Waals surface area (Å²) >= 11 is 24.4. The monoisotopic (exact) mass is 462 g/mol. The van der Waals surface area contributed by atoms with E-state index in [0.717, 1.165) is 5.69 Å². The summed E-state index contributed by atoms with van der Waals surface area (Å²) in [7, 11) is 0. The van der Waals surface area contributed by atoms with E-state index in [-0.39, 0.29) is 17.2 Å². The molecule has 0 bridgehead atoms. The van der Waals surface area contributed by atoms with Gasteiger partial charge in [-0.2, -0.15) is 0 Å². The van der Waals surface area contributed by atoms with E-state index in [0.29, 0.717) is 33.3 Å². The SMILES string of the molecule is O=C(CN1CSC(S)N(c2ccccc2)C1)NNc1c(Cl)cc(Cl)cc1Cl. The number of hydrazine groups is 1. The fourth-order valence-electron chi connectivity index (χ4n) is 2.55. The zero-order valence-electron chi connectivity index (χ0n) is 14.0. The third-order valence-corrected chi connectivity index (χ3v) is 6.42.